The molecule has 130 valence electrons. The predicted octanol–water partition coefficient (Wildman–Crippen LogP) is 2.73. The molecule has 1 aromatic carbocycles. The molecule has 0 aliphatic rings. The Morgan fingerprint density at radius 3 is 2.68 bits per heavy atom. The number of aliphatic hydroxyl groups is 1. The summed E-state index contributed by atoms with van der Waals surface area (Å²) in [5.74, 6) is -0.384. The number of hydrogen-bond donors (Lipinski definition) is 1. The van der Waals surface area contributed by atoms with Gasteiger partial charge in [0.05, 0.1) is 0 Å². The van der Waals surface area contributed by atoms with Crippen LogP contribution in [0.4, 0.5) is 4.39 Å². The summed E-state index contributed by atoms with van der Waals surface area (Å²) in [5, 5.41) is 17.9. The van der Waals surface area contributed by atoms with Gasteiger partial charge in [0.15, 0.2) is 6.17 Å². The molecule has 0 amide bonds. The third kappa shape index (κ3) is 3.87. The molecule has 0 bridgehead atoms. The molecule has 7 nitrogen and oxygen atoms in total. The Morgan fingerprint density at radius 1 is 1.24 bits per heavy atom. The fourth-order valence-electron chi connectivity index (χ4n) is 2.08. The normalized spacial score (nSPS) is 13.6. The average Bonchev–Trinajstić information content (AvgIpc) is 3.07. The van der Waals surface area contributed by atoms with Crippen LogP contribution in [0.2, 0.25) is 10.0 Å². The number of halogens is 3. The summed E-state index contributed by atoms with van der Waals surface area (Å²) in [7, 11) is 0. The predicted molar refractivity (Wildman–Crippen MR) is 87.2 cm³/mol. The summed E-state index contributed by atoms with van der Waals surface area (Å²) >= 11 is 11.5. The van der Waals surface area contributed by atoms with E-state index in [-0.39, 0.29) is 23.3 Å². The molecule has 0 radical (unpaired) electrons. The monoisotopic (exact) mass is 384 g/mol. The summed E-state index contributed by atoms with van der Waals surface area (Å²) in [6.45, 7) is -0.170. The molecule has 0 saturated carbocycles. The fourth-order valence-corrected chi connectivity index (χ4v) is 2.36. The van der Waals surface area contributed by atoms with E-state index in [1.807, 2.05) is 0 Å². The number of aromatic nitrogens is 4. The van der Waals surface area contributed by atoms with Crippen LogP contribution in [0.25, 0.3) is 0 Å². The molecule has 3 rings (SSSR count). The summed E-state index contributed by atoms with van der Waals surface area (Å²) < 4.78 is 20.4. The van der Waals surface area contributed by atoms with Crippen LogP contribution in [0, 0.1) is 0 Å². The summed E-state index contributed by atoms with van der Waals surface area (Å²) in [5.41, 5.74) is -0.224. The molecular formula is C15H11Cl2FN4O3. The van der Waals surface area contributed by atoms with E-state index in [9.17, 15) is 14.3 Å². The quantitative estimate of drug-likeness (QED) is 0.726. The maximum absolute atomic E-state index is 14.4. The van der Waals surface area contributed by atoms with Crippen LogP contribution >= 0.6 is 23.2 Å². The van der Waals surface area contributed by atoms with Crippen molar-refractivity contribution in [1.29, 1.82) is 0 Å². The summed E-state index contributed by atoms with van der Waals surface area (Å²) in [4.78, 5) is 15.6. The molecule has 2 heterocycles. The maximum Gasteiger partial charge on any atom is 0.285 e. The zero-order chi connectivity index (χ0) is 18.0. The van der Waals surface area contributed by atoms with Crippen LogP contribution in [-0.4, -0.2) is 25.0 Å². The Kier molecular flexibility index (Phi) is 5.12. The van der Waals surface area contributed by atoms with Gasteiger partial charge in [0.2, 0.25) is 11.7 Å². The van der Waals surface area contributed by atoms with Gasteiger partial charge in [-0.15, -0.1) is 0 Å². The first-order chi connectivity index (χ1) is 12.0. The van der Waals surface area contributed by atoms with E-state index in [1.165, 1.54) is 36.5 Å². The Hall–Kier alpha value is -2.29. The minimum atomic E-state index is -1.91. The molecule has 0 aliphatic heterocycles. The average molecular weight is 385 g/mol. The van der Waals surface area contributed by atoms with E-state index in [0.717, 1.165) is 4.68 Å². The van der Waals surface area contributed by atoms with Crippen molar-refractivity contribution >= 4 is 23.2 Å². The van der Waals surface area contributed by atoms with E-state index in [4.69, 9.17) is 27.7 Å². The standard InChI is InChI=1S/C15H11Cl2FN4O3/c16-9-3-1-8(2-4-9)13(23)12(18)14-20-11(25-21-14)7-22-15(24)10(17)5-6-19-22/h1-6,12-13,23H,7H2/t12-,13-/m1/s1. The van der Waals surface area contributed by atoms with E-state index in [1.54, 1.807) is 0 Å². The maximum atomic E-state index is 14.4. The van der Waals surface area contributed by atoms with E-state index < -0.39 is 17.8 Å². The van der Waals surface area contributed by atoms with Crippen LogP contribution in [0.1, 0.15) is 29.6 Å². The topological polar surface area (TPSA) is 94.0 Å². The highest BCUT2D eigenvalue weighted by molar-refractivity contribution is 6.30. The van der Waals surface area contributed by atoms with Gasteiger partial charge in [-0.25, -0.2) is 9.07 Å². The lowest BCUT2D eigenvalue weighted by atomic mass is 10.1. The van der Waals surface area contributed by atoms with E-state index in [0.29, 0.717) is 10.6 Å². The number of rotatable bonds is 5. The largest absolute Gasteiger partial charge is 0.385 e. The van der Waals surface area contributed by atoms with Crippen LogP contribution in [0.15, 0.2) is 45.8 Å². The number of hydrogen-bond acceptors (Lipinski definition) is 6. The molecule has 0 aliphatic carbocycles. The van der Waals surface area contributed by atoms with Crippen molar-refractivity contribution in [3.05, 3.63) is 74.2 Å². The molecule has 0 saturated heterocycles. The second-order valence-electron chi connectivity index (χ2n) is 5.09. The van der Waals surface area contributed by atoms with Crippen molar-refractivity contribution in [1.82, 2.24) is 19.9 Å². The zero-order valence-corrected chi connectivity index (χ0v) is 14.0. The Balaban J connectivity index is 1.77. The number of alkyl halides is 1. The van der Waals surface area contributed by atoms with Crippen LogP contribution in [0.3, 0.4) is 0 Å². The van der Waals surface area contributed by atoms with Gasteiger partial charge < -0.3 is 9.63 Å². The van der Waals surface area contributed by atoms with Crippen molar-refractivity contribution in [3.8, 4) is 0 Å². The SMILES string of the molecule is O=c1c(Cl)ccnn1Cc1nc([C@H](F)[C@H](O)c2ccc(Cl)cc2)no1. The highest BCUT2D eigenvalue weighted by Crippen LogP contribution is 2.31. The van der Waals surface area contributed by atoms with Gasteiger partial charge in [0.25, 0.3) is 5.56 Å². The number of benzene rings is 1. The van der Waals surface area contributed by atoms with E-state index in [2.05, 4.69) is 15.2 Å². The molecule has 1 N–H and O–H groups in total. The highest BCUT2D eigenvalue weighted by Gasteiger charge is 2.27. The van der Waals surface area contributed by atoms with Crippen LogP contribution < -0.4 is 5.56 Å². The van der Waals surface area contributed by atoms with Crippen molar-refractivity contribution in [3.63, 3.8) is 0 Å². The molecule has 2 aromatic heterocycles. The molecule has 25 heavy (non-hydrogen) atoms. The van der Waals surface area contributed by atoms with Gasteiger partial charge >= 0.3 is 0 Å². The molecule has 0 spiro atoms. The fraction of sp³-hybridized carbons (Fsp3) is 0.200. The Labute approximate surface area is 150 Å². The minimum absolute atomic E-state index is 0.0173. The van der Waals surface area contributed by atoms with Crippen LogP contribution in [0.5, 0.6) is 0 Å². The van der Waals surface area contributed by atoms with Gasteiger partial charge in [-0.1, -0.05) is 40.5 Å². The zero-order valence-electron chi connectivity index (χ0n) is 12.5. The Morgan fingerprint density at radius 2 is 1.96 bits per heavy atom. The number of aliphatic hydroxyl groups excluding tert-OH is 1. The first-order valence-corrected chi connectivity index (χ1v) is 7.83. The third-order valence-corrected chi connectivity index (χ3v) is 3.91. The molecular weight excluding hydrogens is 374 g/mol. The minimum Gasteiger partial charge on any atom is -0.385 e. The third-order valence-electron chi connectivity index (χ3n) is 3.37. The van der Waals surface area contributed by atoms with E-state index >= 15 is 0 Å². The highest BCUT2D eigenvalue weighted by atomic mass is 35.5. The number of nitrogens with zero attached hydrogens (tertiary/aromatic N) is 4. The molecule has 0 fully saturated rings. The van der Waals surface area contributed by atoms with Gasteiger partial charge in [-0.05, 0) is 23.8 Å². The smallest absolute Gasteiger partial charge is 0.285 e. The van der Waals surface area contributed by atoms with Gasteiger partial charge in [0, 0.05) is 11.2 Å². The molecule has 2 atom stereocenters. The van der Waals surface area contributed by atoms with Crippen molar-refractivity contribution in [2.75, 3.05) is 0 Å². The van der Waals surface area contributed by atoms with Crippen molar-refractivity contribution in [2.24, 2.45) is 0 Å². The van der Waals surface area contributed by atoms with Gasteiger partial charge in [-0.3, -0.25) is 4.79 Å². The first kappa shape index (κ1) is 17.5. The lowest BCUT2D eigenvalue weighted by Crippen LogP contribution is -2.23. The molecule has 0 unspecified atom stereocenters. The van der Waals surface area contributed by atoms with Gasteiger partial charge in [-0.2, -0.15) is 10.1 Å². The molecule has 10 heteroatoms. The first-order valence-electron chi connectivity index (χ1n) is 7.07. The van der Waals surface area contributed by atoms with Gasteiger partial charge in [0.1, 0.15) is 17.7 Å². The van der Waals surface area contributed by atoms with Crippen LogP contribution in [-0.2, 0) is 6.54 Å². The van der Waals surface area contributed by atoms with Crippen molar-refractivity contribution < 1.29 is 14.0 Å². The summed E-state index contributed by atoms with van der Waals surface area (Å²) in [6.07, 6.45) is -2.07. The second kappa shape index (κ2) is 7.30. The lowest BCUT2D eigenvalue weighted by Gasteiger charge is -2.12. The lowest BCUT2D eigenvalue weighted by molar-refractivity contribution is 0.0708. The summed E-state index contributed by atoms with van der Waals surface area (Å²) in [6, 6.07) is 7.41. The second-order valence-corrected chi connectivity index (χ2v) is 5.93. The van der Waals surface area contributed by atoms with Crippen molar-refractivity contribution in [2.45, 2.75) is 18.8 Å². The molecule has 3 aromatic rings. The Bertz CT molecular complexity index is 929.